The second-order valence-electron chi connectivity index (χ2n) is 2.21. The van der Waals surface area contributed by atoms with Crippen molar-refractivity contribution in [2.24, 2.45) is 0 Å². The topological polar surface area (TPSA) is 0 Å². The Kier molecular flexibility index (Phi) is 4.75. The first-order chi connectivity index (χ1) is 4.50. The van der Waals surface area contributed by atoms with Crippen LogP contribution in [0.3, 0.4) is 0 Å². The summed E-state index contributed by atoms with van der Waals surface area (Å²) >= 11 is 17.1. The van der Waals surface area contributed by atoms with Crippen LogP contribution in [-0.4, -0.2) is 4.33 Å². The Hall–Kier alpha value is 0.610. The van der Waals surface area contributed by atoms with E-state index in [0.717, 1.165) is 12.8 Å². The van der Waals surface area contributed by atoms with Crippen LogP contribution in [-0.2, 0) is 0 Å². The molecule has 0 N–H and O–H groups in total. The van der Waals surface area contributed by atoms with Gasteiger partial charge >= 0.3 is 0 Å². The molecule has 0 aliphatic rings. The van der Waals surface area contributed by atoms with Crippen LogP contribution in [0, 0.1) is 0 Å². The van der Waals surface area contributed by atoms with Gasteiger partial charge in [0.05, 0.1) is 0 Å². The molecule has 0 aromatic rings. The normalized spacial score (nSPS) is 11.6. The van der Waals surface area contributed by atoms with E-state index < -0.39 is 4.33 Å². The van der Waals surface area contributed by atoms with E-state index in [1.165, 1.54) is 0 Å². The zero-order valence-corrected chi connectivity index (χ0v) is 8.23. The van der Waals surface area contributed by atoms with Crippen molar-refractivity contribution in [2.45, 2.75) is 30.5 Å². The van der Waals surface area contributed by atoms with Gasteiger partial charge in [0.25, 0.3) is 0 Å². The van der Waals surface area contributed by atoms with Crippen LogP contribution in [0.5, 0.6) is 0 Å². The monoisotopic (exact) mass is 200 g/mol. The molecule has 0 radical (unpaired) electrons. The Bertz CT molecular complexity index is 118. The molecule has 0 fully saturated rings. The molecule has 0 saturated carbocycles. The molecule has 0 rings (SSSR count). The van der Waals surface area contributed by atoms with Gasteiger partial charge in [0.15, 0.2) is 4.33 Å². The summed E-state index contributed by atoms with van der Waals surface area (Å²) in [5.41, 5.74) is 0. The van der Waals surface area contributed by atoms with Gasteiger partial charge in [-0.2, -0.15) is 0 Å². The predicted molar refractivity (Wildman–Crippen MR) is 49.0 cm³/mol. The van der Waals surface area contributed by atoms with Crippen LogP contribution in [0.25, 0.3) is 0 Å². The minimum atomic E-state index is -0.933. The van der Waals surface area contributed by atoms with Crippen LogP contribution >= 0.6 is 34.8 Å². The molecular formula is C7H11Cl3. The van der Waals surface area contributed by atoms with Crippen molar-refractivity contribution in [1.82, 2.24) is 0 Å². The quantitative estimate of drug-likeness (QED) is 0.601. The highest BCUT2D eigenvalue weighted by atomic mass is 35.5. The molecule has 3 heteroatoms. The molecule has 0 aliphatic carbocycles. The van der Waals surface area contributed by atoms with Crippen molar-refractivity contribution < 1.29 is 0 Å². The van der Waals surface area contributed by atoms with E-state index in [9.17, 15) is 0 Å². The molecule has 0 spiro atoms. The lowest BCUT2D eigenvalue weighted by Gasteiger charge is -2.16. The van der Waals surface area contributed by atoms with E-state index in [0.29, 0.717) is 11.5 Å². The molecule has 0 heterocycles. The van der Waals surface area contributed by atoms with E-state index in [-0.39, 0.29) is 0 Å². The van der Waals surface area contributed by atoms with Crippen molar-refractivity contribution in [2.75, 3.05) is 0 Å². The van der Waals surface area contributed by atoms with Gasteiger partial charge in [0.2, 0.25) is 0 Å². The van der Waals surface area contributed by atoms with Crippen molar-refractivity contribution in [3.63, 3.8) is 0 Å². The maximum atomic E-state index is 5.78. The summed E-state index contributed by atoms with van der Waals surface area (Å²) in [6.07, 6.45) is 2.71. The minimum absolute atomic E-state index is 0.310. The molecule has 10 heavy (non-hydrogen) atoms. The molecule has 0 unspecified atom stereocenters. The molecule has 0 bridgehead atoms. The second-order valence-corrected chi connectivity index (χ2v) is 4.15. The highest BCUT2D eigenvalue weighted by Crippen LogP contribution is 2.36. The zero-order valence-electron chi connectivity index (χ0n) is 5.96. The molecule has 0 nitrogen and oxygen atoms in total. The fourth-order valence-electron chi connectivity index (χ4n) is 0.534. The van der Waals surface area contributed by atoms with Gasteiger partial charge in [-0.25, -0.2) is 0 Å². The van der Waals surface area contributed by atoms with Gasteiger partial charge in [0.1, 0.15) is 0 Å². The third-order valence-electron chi connectivity index (χ3n) is 1.24. The number of allylic oxidation sites excluding steroid dienone is 1. The number of halogens is 3. The van der Waals surface area contributed by atoms with Crippen molar-refractivity contribution in [3.05, 3.63) is 11.6 Å². The van der Waals surface area contributed by atoms with Gasteiger partial charge in [-0.05, 0) is 6.42 Å². The minimum Gasteiger partial charge on any atom is -0.0954 e. The molecule has 0 saturated heterocycles. The summed E-state index contributed by atoms with van der Waals surface area (Å²) < 4.78 is -0.933. The van der Waals surface area contributed by atoms with Crippen LogP contribution in [0.1, 0.15) is 26.2 Å². The smallest absolute Gasteiger partial charge is 0.0954 e. The van der Waals surface area contributed by atoms with Crippen molar-refractivity contribution in [3.8, 4) is 0 Å². The van der Waals surface area contributed by atoms with E-state index in [1.807, 2.05) is 0 Å². The highest BCUT2D eigenvalue weighted by Gasteiger charge is 2.25. The molecule has 0 aromatic heterocycles. The average Bonchev–Trinajstić information content (AvgIpc) is 1.84. The largest absolute Gasteiger partial charge is 0.152 e. The first-order valence-electron chi connectivity index (χ1n) is 3.23. The fraction of sp³-hybridized carbons (Fsp3) is 0.714. The van der Waals surface area contributed by atoms with Crippen molar-refractivity contribution >= 4 is 34.8 Å². The Morgan fingerprint density at radius 2 is 2.00 bits per heavy atom. The van der Waals surface area contributed by atoms with Gasteiger partial charge in [0, 0.05) is 5.03 Å². The average molecular weight is 202 g/mol. The summed E-state index contributed by atoms with van der Waals surface area (Å²) in [6.45, 7) is 5.55. The predicted octanol–water partition coefficient (Wildman–Crippen LogP) is 4.10. The number of alkyl halides is 2. The summed E-state index contributed by atoms with van der Waals surface area (Å²) in [6, 6.07) is 0. The Balaban J connectivity index is 3.75. The second kappa shape index (κ2) is 4.48. The summed E-state index contributed by atoms with van der Waals surface area (Å²) in [5.74, 6) is 0. The molecular weight excluding hydrogens is 190 g/mol. The third kappa shape index (κ3) is 3.70. The molecule has 0 aromatic carbocycles. The summed E-state index contributed by atoms with van der Waals surface area (Å²) in [4.78, 5) is 0. The Morgan fingerprint density at radius 3 is 2.30 bits per heavy atom. The Labute approximate surface area is 77.1 Å². The van der Waals surface area contributed by atoms with E-state index in [1.54, 1.807) is 0 Å². The zero-order chi connectivity index (χ0) is 8.20. The molecule has 60 valence electrons. The third-order valence-corrected chi connectivity index (χ3v) is 2.59. The number of rotatable bonds is 4. The number of hydrogen-bond acceptors (Lipinski definition) is 0. The van der Waals surface area contributed by atoms with Gasteiger partial charge in [-0.1, -0.05) is 61.1 Å². The first-order valence-corrected chi connectivity index (χ1v) is 4.37. The molecule has 0 aliphatic heterocycles. The maximum absolute atomic E-state index is 5.78. The fourth-order valence-corrected chi connectivity index (χ4v) is 0.896. The van der Waals surface area contributed by atoms with E-state index in [4.69, 9.17) is 34.8 Å². The van der Waals surface area contributed by atoms with Crippen molar-refractivity contribution in [1.29, 1.82) is 0 Å². The maximum Gasteiger partial charge on any atom is 0.152 e. The van der Waals surface area contributed by atoms with Crippen LogP contribution < -0.4 is 0 Å². The highest BCUT2D eigenvalue weighted by molar-refractivity contribution is 6.55. The van der Waals surface area contributed by atoms with E-state index in [2.05, 4.69) is 13.5 Å². The van der Waals surface area contributed by atoms with Crippen LogP contribution in [0.15, 0.2) is 11.6 Å². The summed E-state index contributed by atoms with van der Waals surface area (Å²) in [7, 11) is 0. The van der Waals surface area contributed by atoms with Gasteiger partial charge in [-0.3, -0.25) is 0 Å². The summed E-state index contributed by atoms with van der Waals surface area (Å²) in [5, 5.41) is 0.310. The number of unbranched alkanes of at least 4 members (excludes halogenated alkanes) is 1. The standard InChI is InChI=1S/C7H11Cl3/c1-3-4-5-7(9,10)6(2)8/h2-5H2,1H3. The lowest BCUT2D eigenvalue weighted by atomic mass is 10.2. The first kappa shape index (κ1) is 10.6. The lowest BCUT2D eigenvalue weighted by molar-refractivity contribution is 0.699. The lowest BCUT2D eigenvalue weighted by Crippen LogP contribution is -2.11. The SMILES string of the molecule is C=C(Cl)C(Cl)(Cl)CCCC. The van der Waals surface area contributed by atoms with Crippen LogP contribution in [0.2, 0.25) is 0 Å². The van der Waals surface area contributed by atoms with E-state index >= 15 is 0 Å². The molecule has 0 amide bonds. The molecule has 0 atom stereocenters. The number of hydrogen-bond donors (Lipinski definition) is 0. The van der Waals surface area contributed by atoms with Gasteiger partial charge < -0.3 is 0 Å². The Morgan fingerprint density at radius 1 is 1.50 bits per heavy atom. The van der Waals surface area contributed by atoms with Crippen LogP contribution in [0.4, 0.5) is 0 Å². The van der Waals surface area contributed by atoms with Gasteiger partial charge in [-0.15, -0.1) is 0 Å².